The zero-order chi connectivity index (χ0) is 25.6. The SMILES string of the molecule is COc1ccc(S(=O)(=O)N(CC(=O)N/N=C(/C)c2ccc([N+](=O)[O-])cc2)c2ccc(C)cc2)cc1. The van der Waals surface area contributed by atoms with Crippen LogP contribution in [0.4, 0.5) is 11.4 Å². The molecule has 0 fully saturated rings. The molecule has 0 bridgehead atoms. The average molecular weight is 497 g/mol. The molecular weight excluding hydrogens is 472 g/mol. The molecule has 0 aliphatic heterocycles. The summed E-state index contributed by atoms with van der Waals surface area (Å²) in [4.78, 5) is 23.0. The number of amides is 1. The summed E-state index contributed by atoms with van der Waals surface area (Å²) in [6.07, 6.45) is 0. The number of carbonyl (C=O) groups excluding carboxylic acids is 1. The predicted molar refractivity (Wildman–Crippen MR) is 132 cm³/mol. The van der Waals surface area contributed by atoms with Crippen LogP contribution in [0.2, 0.25) is 0 Å². The van der Waals surface area contributed by atoms with E-state index in [1.807, 2.05) is 6.92 Å². The Morgan fingerprint density at radius 2 is 1.63 bits per heavy atom. The number of carbonyl (C=O) groups is 1. The van der Waals surface area contributed by atoms with Crippen LogP contribution in [0.5, 0.6) is 5.75 Å². The summed E-state index contributed by atoms with van der Waals surface area (Å²) in [5.41, 5.74) is 4.51. The Labute approximate surface area is 203 Å². The van der Waals surface area contributed by atoms with Crippen LogP contribution >= 0.6 is 0 Å². The number of non-ortho nitro benzene ring substituents is 1. The zero-order valence-corrected chi connectivity index (χ0v) is 20.2. The number of ether oxygens (including phenoxy) is 1. The van der Waals surface area contributed by atoms with E-state index in [1.54, 1.807) is 31.2 Å². The molecule has 0 spiro atoms. The molecule has 0 heterocycles. The number of methoxy groups -OCH3 is 1. The number of nitro groups is 1. The number of nitrogens with zero attached hydrogens (tertiary/aromatic N) is 3. The Morgan fingerprint density at radius 3 is 2.17 bits per heavy atom. The first kappa shape index (κ1) is 25.4. The molecule has 10 nitrogen and oxygen atoms in total. The highest BCUT2D eigenvalue weighted by Crippen LogP contribution is 2.25. The normalized spacial score (nSPS) is 11.6. The van der Waals surface area contributed by atoms with E-state index in [9.17, 15) is 23.3 Å². The van der Waals surface area contributed by atoms with Crippen LogP contribution in [0, 0.1) is 17.0 Å². The Hall–Kier alpha value is -4.25. The molecule has 3 aromatic rings. The number of rotatable bonds is 9. The van der Waals surface area contributed by atoms with Crippen molar-refractivity contribution in [1.29, 1.82) is 0 Å². The van der Waals surface area contributed by atoms with Gasteiger partial charge in [-0.25, -0.2) is 13.8 Å². The number of benzene rings is 3. The maximum Gasteiger partial charge on any atom is 0.269 e. The van der Waals surface area contributed by atoms with Crippen LogP contribution in [-0.4, -0.2) is 38.6 Å². The van der Waals surface area contributed by atoms with E-state index in [1.165, 1.54) is 55.6 Å². The Bertz CT molecular complexity index is 1340. The number of aryl methyl sites for hydroxylation is 1. The van der Waals surface area contributed by atoms with Gasteiger partial charge in [-0.2, -0.15) is 5.10 Å². The van der Waals surface area contributed by atoms with E-state index < -0.39 is 27.4 Å². The fourth-order valence-electron chi connectivity index (χ4n) is 3.10. The molecule has 0 saturated heterocycles. The van der Waals surface area contributed by atoms with Crippen LogP contribution in [0.1, 0.15) is 18.1 Å². The summed E-state index contributed by atoms with van der Waals surface area (Å²) in [7, 11) is -2.61. The summed E-state index contributed by atoms with van der Waals surface area (Å²) in [6.45, 7) is 2.97. The summed E-state index contributed by atoms with van der Waals surface area (Å²) >= 11 is 0. The number of hydrogen-bond donors (Lipinski definition) is 1. The molecular formula is C24H24N4O6S. The molecule has 1 N–H and O–H groups in total. The molecule has 11 heteroatoms. The third kappa shape index (κ3) is 6.21. The third-order valence-corrected chi connectivity index (χ3v) is 6.89. The van der Waals surface area contributed by atoms with Crippen LogP contribution in [0.25, 0.3) is 0 Å². The van der Waals surface area contributed by atoms with Crippen molar-refractivity contribution in [2.45, 2.75) is 18.7 Å². The standard InChI is InChI=1S/C24H24N4O6S/c1-17-4-8-20(9-5-17)27(35(32,33)23-14-12-22(34-3)13-15-23)16-24(29)26-25-18(2)19-6-10-21(11-7-19)28(30)31/h4-15H,16H2,1-3H3,(H,26,29)/b25-18-. The van der Waals surface area contributed by atoms with Gasteiger partial charge in [0.2, 0.25) is 0 Å². The molecule has 0 aromatic heterocycles. The van der Waals surface area contributed by atoms with Crippen molar-refractivity contribution < 1.29 is 22.9 Å². The van der Waals surface area contributed by atoms with E-state index in [-0.39, 0.29) is 10.6 Å². The van der Waals surface area contributed by atoms with Crippen LogP contribution in [-0.2, 0) is 14.8 Å². The minimum Gasteiger partial charge on any atom is -0.497 e. The monoisotopic (exact) mass is 496 g/mol. The smallest absolute Gasteiger partial charge is 0.269 e. The van der Waals surface area contributed by atoms with Gasteiger partial charge in [-0.05, 0) is 67.9 Å². The summed E-state index contributed by atoms with van der Waals surface area (Å²) in [6, 6.07) is 18.3. The fraction of sp³-hybridized carbons (Fsp3) is 0.167. The Balaban J connectivity index is 1.84. The average Bonchev–Trinajstić information content (AvgIpc) is 2.86. The van der Waals surface area contributed by atoms with E-state index in [4.69, 9.17) is 4.74 Å². The van der Waals surface area contributed by atoms with Gasteiger partial charge in [-0.15, -0.1) is 0 Å². The van der Waals surface area contributed by atoms with E-state index in [0.29, 0.717) is 22.7 Å². The van der Waals surface area contributed by atoms with Crippen molar-refractivity contribution in [3.8, 4) is 5.75 Å². The van der Waals surface area contributed by atoms with Gasteiger partial charge < -0.3 is 4.74 Å². The molecule has 3 aromatic carbocycles. The zero-order valence-electron chi connectivity index (χ0n) is 19.3. The molecule has 0 unspecified atom stereocenters. The van der Waals surface area contributed by atoms with Gasteiger partial charge >= 0.3 is 0 Å². The van der Waals surface area contributed by atoms with Gasteiger partial charge in [-0.3, -0.25) is 19.2 Å². The van der Waals surface area contributed by atoms with Gasteiger partial charge in [0.05, 0.1) is 28.3 Å². The lowest BCUT2D eigenvalue weighted by molar-refractivity contribution is -0.384. The Kier molecular flexibility index (Phi) is 7.82. The second-order valence-electron chi connectivity index (χ2n) is 7.56. The molecule has 0 aliphatic carbocycles. The minimum absolute atomic E-state index is 0.00256. The summed E-state index contributed by atoms with van der Waals surface area (Å²) < 4.78 is 32.9. The molecule has 3 rings (SSSR count). The molecule has 182 valence electrons. The maximum atomic E-state index is 13.4. The topological polar surface area (TPSA) is 131 Å². The number of sulfonamides is 1. The fourth-order valence-corrected chi connectivity index (χ4v) is 4.52. The minimum atomic E-state index is -4.09. The molecule has 35 heavy (non-hydrogen) atoms. The van der Waals surface area contributed by atoms with E-state index in [2.05, 4.69) is 10.5 Å². The van der Waals surface area contributed by atoms with Crippen molar-refractivity contribution >= 4 is 33.0 Å². The van der Waals surface area contributed by atoms with E-state index in [0.717, 1.165) is 9.87 Å². The molecule has 0 saturated carbocycles. The lowest BCUT2D eigenvalue weighted by Gasteiger charge is -2.24. The summed E-state index contributed by atoms with van der Waals surface area (Å²) in [5.74, 6) is -0.163. The van der Waals surface area contributed by atoms with Gasteiger partial charge in [0.15, 0.2) is 0 Å². The van der Waals surface area contributed by atoms with Crippen molar-refractivity contribution in [3.63, 3.8) is 0 Å². The van der Waals surface area contributed by atoms with Gasteiger partial charge in [0.25, 0.3) is 21.6 Å². The van der Waals surface area contributed by atoms with Crippen LogP contribution < -0.4 is 14.5 Å². The van der Waals surface area contributed by atoms with Gasteiger partial charge in [-0.1, -0.05) is 17.7 Å². The van der Waals surface area contributed by atoms with Crippen molar-refractivity contribution in [2.24, 2.45) is 5.10 Å². The first-order chi connectivity index (χ1) is 16.6. The van der Waals surface area contributed by atoms with Gasteiger partial charge in [0, 0.05) is 12.1 Å². The third-order valence-electron chi connectivity index (χ3n) is 5.10. The predicted octanol–water partition coefficient (Wildman–Crippen LogP) is 3.65. The molecule has 0 radical (unpaired) electrons. The lowest BCUT2D eigenvalue weighted by atomic mass is 10.1. The highest BCUT2D eigenvalue weighted by Gasteiger charge is 2.27. The molecule has 1 amide bonds. The highest BCUT2D eigenvalue weighted by molar-refractivity contribution is 7.92. The largest absolute Gasteiger partial charge is 0.497 e. The second-order valence-corrected chi connectivity index (χ2v) is 9.42. The highest BCUT2D eigenvalue weighted by atomic mass is 32.2. The number of hydrogen-bond acceptors (Lipinski definition) is 7. The lowest BCUT2D eigenvalue weighted by Crippen LogP contribution is -2.39. The van der Waals surface area contributed by atoms with Crippen LogP contribution in [0.3, 0.4) is 0 Å². The quantitative estimate of drug-likeness (QED) is 0.273. The number of anilines is 1. The maximum absolute atomic E-state index is 13.4. The van der Waals surface area contributed by atoms with Crippen molar-refractivity contribution in [3.05, 3.63) is 94.0 Å². The number of nitrogens with one attached hydrogen (secondary N) is 1. The second kappa shape index (κ2) is 10.8. The van der Waals surface area contributed by atoms with Crippen LogP contribution in [0.15, 0.2) is 82.8 Å². The van der Waals surface area contributed by atoms with Crippen molar-refractivity contribution in [1.82, 2.24) is 5.43 Å². The molecule has 0 aliphatic rings. The first-order valence-electron chi connectivity index (χ1n) is 10.4. The number of hydrazone groups is 1. The summed E-state index contributed by atoms with van der Waals surface area (Å²) in [5, 5.41) is 14.8. The Morgan fingerprint density at radius 1 is 1.03 bits per heavy atom. The van der Waals surface area contributed by atoms with E-state index >= 15 is 0 Å². The molecule has 0 atom stereocenters. The first-order valence-corrected chi connectivity index (χ1v) is 11.9. The number of nitro benzene ring substituents is 1. The van der Waals surface area contributed by atoms with Crippen molar-refractivity contribution in [2.75, 3.05) is 18.0 Å². The van der Waals surface area contributed by atoms with Gasteiger partial charge in [0.1, 0.15) is 12.3 Å².